The van der Waals surface area contributed by atoms with Crippen LogP contribution in [0.15, 0.2) is 30.5 Å². The van der Waals surface area contributed by atoms with Gasteiger partial charge in [0.05, 0.1) is 6.04 Å². The van der Waals surface area contributed by atoms with Gasteiger partial charge in [0.15, 0.2) is 0 Å². The highest BCUT2D eigenvalue weighted by atomic mass is 16.4. The highest BCUT2D eigenvalue weighted by Gasteiger charge is 2.28. The normalized spacial score (nSPS) is 13.8. The lowest BCUT2D eigenvalue weighted by atomic mass is 10.0. The van der Waals surface area contributed by atoms with Crippen molar-refractivity contribution in [2.75, 3.05) is 6.54 Å². The molecule has 11 heteroatoms. The van der Waals surface area contributed by atoms with E-state index in [4.69, 9.17) is 17.2 Å². The third kappa shape index (κ3) is 7.88. The van der Waals surface area contributed by atoms with Crippen LogP contribution in [0.4, 0.5) is 0 Å². The summed E-state index contributed by atoms with van der Waals surface area (Å²) in [7, 11) is 0. The number of aromatic amines is 1. The zero-order valence-electron chi connectivity index (χ0n) is 18.4. The molecule has 0 fully saturated rings. The molecule has 2 aromatic rings. The molecule has 11 nitrogen and oxygen atoms in total. The Hall–Kier alpha value is -3.44. The van der Waals surface area contributed by atoms with Gasteiger partial charge in [-0.1, -0.05) is 24.6 Å². The maximum absolute atomic E-state index is 12.9. The van der Waals surface area contributed by atoms with Crippen molar-refractivity contribution in [3.63, 3.8) is 0 Å². The number of carbonyl (C=O) groups is 4. The van der Waals surface area contributed by atoms with Crippen molar-refractivity contribution in [1.82, 2.24) is 15.6 Å². The predicted molar refractivity (Wildman–Crippen MR) is 123 cm³/mol. The van der Waals surface area contributed by atoms with Gasteiger partial charge in [-0.05, 0) is 37.4 Å². The topological polar surface area (TPSA) is 206 Å². The number of carboxylic acid groups (broad SMARTS) is 1. The number of aromatic nitrogens is 1. The Morgan fingerprint density at radius 1 is 1.00 bits per heavy atom. The molecule has 1 aromatic carbocycles. The van der Waals surface area contributed by atoms with Gasteiger partial charge in [0.1, 0.15) is 12.1 Å². The van der Waals surface area contributed by atoms with E-state index in [1.165, 1.54) is 0 Å². The summed E-state index contributed by atoms with van der Waals surface area (Å²) in [4.78, 5) is 51.5. The molecule has 3 amide bonds. The number of nitrogens with one attached hydrogen (secondary N) is 3. The number of unbranched alkanes of at least 4 members (excludes halogenated alkanes) is 1. The minimum atomic E-state index is -1.25. The van der Waals surface area contributed by atoms with Gasteiger partial charge in [0.2, 0.25) is 17.7 Å². The number of amides is 3. The molecule has 1 aromatic heterocycles. The van der Waals surface area contributed by atoms with E-state index >= 15 is 0 Å². The van der Waals surface area contributed by atoms with Crippen molar-refractivity contribution in [2.45, 2.75) is 56.7 Å². The average Bonchev–Trinajstić information content (AvgIpc) is 3.18. The fourth-order valence-electron chi connectivity index (χ4n) is 3.47. The summed E-state index contributed by atoms with van der Waals surface area (Å²) < 4.78 is 0. The first kappa shape index (κ1) is 25.8. The van der Waals surface area contributed by atoms with Gasteiger partial charge in [-0.25, -0.2) is 4.79 Å². The van der Waals surface area contributed by atoms with Gasteiger partial charge < -0.3 is 37.9 Å². The third-order valence-electron chi connectivity index (χ3n) is 5.33. The van der Waals surface area contributed by atoms with Crippen LogP contribution in [-0.4, -0.2) is 58.5 Å². The van der Waals surface area contributed by atoms with Crippen molar-refractivity contribution in [1.29, 1.82) is 0 Å². The molecule has 33 heavy (non-hydrogen) atoms. The van der Waals surface area contributed by atoms with E-state index in [-0.39, 0.29) is 19.3 Å². The maximum Gasteiger partial charge on any atom is 0.326 e. The summed E-state index contributed by atoms with van der Waals surface area (Å²) in [5, 5.41) is 15.5. The Bertz CT molecular complexity index is 975. The monoisotopic (exact) mass is 460 g/mol. The number of carboxylic acids is 1. The average molecular weight is 461 g/mol. The molecule has 180 valence electrons. The van der Waals surface area contributed by atoms with Crippen LogP contribution < -0.4 is 27.8 Å². The Kier molecular flexibility index (Phi) is 9.83. The van der Waals surface area contributed by atoms with E-state index in [1.54, 1.807) is 6.20 Å². The van der Waals surface area contributed by atoms with Gasteiger partial charge in [0.25, 0.3) is 0 Å². The molecule has 3 unspecified atom stereocenters. The van der Waals surface area contributed by atoms with Gasteiger partial charge in [-0.2, -0.15) is 0 Å². The van der Waals surface area contributed by atoms with Crippen molar-refractivity contribution in [3.8, 4) is 0 Å². The number of H-pyrrole nitrogens is 1. The number of carbonyl (C=O) groups excluding carboxylic acids is 3. The van der Waals surface area contributed by atoms with Crippen molar-refractivity contribution in [2.24, 2.45) is 17.2 Å². The molecular formula is C22H32N6O5. The van der Waals surface area contributed by atoms with Gasteiger partial charge in [-0.15, -0.1) is 0 Å². The van der Waals surface area contributed by atoms with E-state index in [0.717, 1.165) is 16.5 Å². The lowest BCUT2D eigenvalue weighted by Gasteiger charge is -2.22. The van der Waals surface area contributed by atoms with Crippen LogP contribution in [-0.2, 0) is 25.6 Å². The highest BCUT2D eigenvalue weighted by Crippen LogP contribution is 2.19. The molecule has 2 rings (SSSR count). The second-order valence-corrected chi connectivity index (χ2v) is 7.92. The van der Waals surface area contributed by atoms with Crippen LogP contribution in [0.2, 0.25) is 0 Å². The molecule has 0 saturated carbocycles. The zero-order valence-corrected chi connectivity index (χ0v) is 18.4. The van der Waals surface area contributed by atoms with E-state index in [2.05, 4.69) is 15.6 Å². The standard InChI is InChI=1S/C22H32N6O5/c23-10-4-3-6-15(24)20(30)27-17(8-9-19(25)29)21(31)28-18(22(32)33)11-13-12-26-16-7-2-1-5-14(13)16/h1-2,5,7,12,15,17-18,26H,3-4,6,8-11,23-24H2,(H2,25,29)(H,27,30)(H,28,31)(H,32,33). The fraction of sp³-hybridized carbons (Fsp3) is 0.455. The first-order chi connectivity index (χ1) is 15.7. The van der Waals surface area contributed by atoms with E-state index in [9.17, 15) is 24.3 Å². The summed E-state index contributed by atoms with van der Waals surface area (Å²) in [6, 6.07) is 4.13. The number of primary amides is 1. The summed E-state index contributed by atoms with van der Waals surface area (Å²) in [5.74, 6) is -3.18. The highest BCUT2D eigenvalue weighted by molar-refractivity contribution is 5.92. The van der Waals surface area contributed by atoms with E-state index < -0.39 is 41.8 Å². The van der Waals surface area contributed by atoms with Crippen LogP contribution in [0, 0.1) is 0 Å². The van der Waals surface area contributed by atoms with E-state index in [1.807, 2.05) is 24.3 Å². The number of aliphatic carboxylic acids is 1. The lowest BCUT2D eigenvalue weighted by molar-refractivity contribution is -0.142. The number of hydrogen-bond acceptors (Lipinski definition) is 6. The molecule has 1 heterocycles. The fourth-order valence-corrected chi connectivity index (χ4v) is 3.47. The van der Waals surface area contributed by atoms with Crippen molar-refractivity contribution in [3.05, 3.63) is 36.0 Å². The first-order valence-electron chi connectivity index (χ1n) is 10.9. The number of benzene rings is 1. The Morgan fingerprint density at radius 3 is 2.36 bits per heavy atom. The van der Waals surface area contributed by atoms with Crippen LogP contribution in [0.25, 0.3) is 10.9 Å². The first-order valence-corrected chi connectivity index (χ1v) is 10.9. The van der Waals surface area contributed by atoms with Crippen molar-refractivity contribution < 1.29 is 24.3 Å². The largest absolute Gasteiger partial charge is 0.480 e. The van der Waals surface area contributed by atoms with Gasteiger partial charge in [-0.3, -0.25) is 14.4 Å². The van der Waals surface area contributed by atoms with Crippen molar-refractivity contribution >= 4 is 34.6 Å². The Morgan fingerprint density at radius 2 is 1.70 bits per heavy atom. The smallest absolute Gasteiger partial charge is 0.326 e. The molecule has 3 atom stereocenters. The van der Waals surface area contributed by atoms with Gasteiger partial charge >= 0.3 is 5.97 Å². The molecule has 0 spiro atoms. The molecular weight excluding hydrogens is 428 g/mol. The SMILES string of the molecule is NCCCCC(N)C(=O)NC(CCC(N)=O)C(=O)NC(Cc1c[nH]c2ccccc12)C(=O)O. The molecule has 0 saturated heterocycles. The number of para-hydroxylation sites is 1. The Balaban J connectivity index is 2.09. The van der Waals surface area contributed by atoms with Gasteiger partial charge in [0, 0.05) is 29.9 Å². The van der Waals surface area contributed by atoms with Crippen LogP contribution in [0.5, 0.6) is 0 Å². The second kappa shape index (κ2) is 12.6. The maximum atomic E-state index is 12.9. The molecule has 10 N–H and O–H groups in total. The number of nitrogens with two attached hydrogens (primary N) is 3. The summed E-state index contributed by atoms with van der Waals surface area (Å²) in [5.41, 5.74) is 18.1. The van der Waals surface area contributed by atoms with Crippen LogP contribution in [0.1, 0.15) is 37.7 Å². The summed E-state index contributed by atoms with van der Waals surface area (Å²) in [6.07, 6.45) is 3.21. The number of rotatable bonds is 14. The number of hydrogen-bond donors (Lipinski definition) is 7. The summed E-state index contributed by atoms with van der Waals surface area (Å²) in [6.45, 7) is 0.477. The third-order valence-corrected chi connectivity index (χ3v) is 5.33. The minimum absolute atomic E-state index is 0.0280. The predicted octanol–water partition coefficient (Wildman–Crippen LogP) is -0.514. The lowest BCUT2D eigenvalue weighted by Crippen LogP contribution is -2.55. The second-order valence-electron chi connectivity index (χ2n) is 7.92. The Labute approximate surface area is 191 Å². The molecule has 0 aliphatic heterocycles. The summed E-state index contributed by atoms with van der Waals surface area (Å²) >= 11 is 0. The molecule has 0 bridgehead atoms. The molecule has 0 aliphatic carbocycles. The quantitative estimate of drug-likeness (QED) is 0.183. The number of fused-ring (bicyclic) bond motifs is 1. The van der Waals surface area contributed by atoms with Crippen LogP contribution >= 0.6 is 0 Å². The zero-order chi connectivity index (χ0) is 24.4. The van der Waals surface area contributed by atoms with Crippen LogP contribution in [0.3, 0.4) is 0 Å². The minimum Gasteiger partial charge on any atom is -0.480 e. The molecule has 0 radical (unpaired) electrons. The van der Waals surface area contributed by atoms with E-state index in [0.29, 0.717) is 25.8 Å². The molecule has 0 aliphatic rings.